The molecule has 2 rings (SSSR count). The van der Waals surface area contributed by atoms with Crippen LogP contribution in [0.25, 0.3) is 0 Å². The van der Waals surface area contributed by atoms with Crippen LogP contribution in [-0.4, -0.2) is 44.3 Å². The van der Waals surface area contributed by atoms with Crippen molar-refractivity contribution in [2.24, 2.45) is 5.92 Å². The third-order valence-corrected chi connectivity index (χ3v) is 5.39. The first-order valence-corrected chi connectivity index (χ1v) is 7.89. The van der Waals surface area contributed by atoms with Crippen LogP contribution in [0.2, 0.25) is 0 Å². The van der Waals surface area contributed by atoms with Gasteiger partial charge in [0.1, 0.15) is 0 Å². The largest absolute Gasteiger partial charge is 0.324 e. The molecule has 0 amide bonds. The average molecular weight is 317 g/mol. The molecule has 1 aromatic carbocycles. The van der Waals surface area contributed by atoms with Crippen LogP contribution in [0.3, 0.4) is 0 Å². The number of hydrogen-bond donors (Lipinski definition) is 1. The van der Waals surface area contributed by atoms with Crippen LogP contribution in [0, 0.1) is 21.8 Å². The number of nitro benzene ring substituents is 1. The van der Waals surface area contributed by atoms with Gasteiger partial charge in [0.25, 0.3) is 0 Å². The summed E-state index contributed by atoms with van der Waals surface area (Å²) in [4.78, 5) is 9.36. The van der Waals surface area contributed by atoms with E-state index in [0.29, 0.717) is 13.0 Å². The van der Waals surface area contributed by atoms with E-state index < -0.39 is 31.3 Å². The van der Waals surface area contributed by atoms with Gasteiger partial charge in [-0.1, -0.05) is 6.07 Å². The molecule has 1 aliphatic heterocycles. The van der Waals surface area contributed by atoms with Gasteiger partial charge in [-0.2, -0.15) is 8.70 Å². The van der Waals surface area contributed by atoms with Gasteiger partial charge in [-0.05, 0) is 38.1 Å². The van der Waals surface area contributed by atoms with E-state index in [1.54, 1.807) is 7.05 Å². The summed E-state index contributed by atoms with van der Waals surface area (Å²) in [5.74, 6) is -0.996. The number of nitrogens with zero attached hydrogens (tertiary/aromatic N) is 2. The molecular weight excluding hydrogens is 301 g/mol. The minimum absolute atomic E-state index is 0.150. The zero-order valence-electron chi connectivity index (χ0n) is 11.5. The highest BCUT2D eigenvalue weighted by molar-refractivity contribution is 7.89. The summed E-state index contributed by atoms with van der Waals surface area (Å²) in [5, 5.41) is 13.9. The van der Waals surface area contributed by atoms with E-state index in [2.05, 4.69) is 5.32 Å². The Morgan fingerprint density at radius 2 is 2.24 bits per heavy atom. The predicted molar refractivity (Wildman–Crippen MR) is 73.8 cm³/mol. The van der Waals surface area contributed by atoms with Crippen molar-refractivity contribution in [1.29, 1.82) is 0 Å². The molecule has 1 saturated heterocycles. The van der Waals surface area contributed by atoms with Gasteiger partial charge >= 0.3 is 5.69 Å². The lowest BCUT2D eigenvalue weighted by molar-refractivity contribution is -0.390. The van der Waals surface area contributed by atoms with Gasteiger partial charge in [0, 0.05) is 13.1 Å². The van der Waals surface area contributed by atoms with E-state index in [4.69, 9.17) is 0 Å². The van der Waals surface area contributed by atoms with E-state index >= 15 is 0 Å². The Balaban J connectivity index is 2.38. The van der Waals surface area contributed by atoms with Crippen molar-refractivity contribution in [3.63, 3.8) is 0 Å². The Kier molecular flexibility index (Phi) is 4.55. The number of hydrogen-bond acceptors (Lipinski definition) is 5. The van der Waals surface area contributed by atoms with Crippen molar-refractivity contribution >= 4 is 15.7 Å². The van der Waals surface area contributed by atoms with Crippen molar-refractivity contribution < 1.29 is 17.7 Å². The molecule has 7 nitrogen and oxygen atoms in total. The molecule has 1 atom stereocenters. The van der Waals surface area contributed by atoms with Gasteiger partial charge in [0.05, 0.1) is 4.92 Å². The highest BCUT2D eigenvalue weighted by Gasteiger charge is 2.37. The first kappa shape index (κ1) is 15.8. The first-order chi connectivity index (χ1) is 9.87. The van der Waals surface area contributed by atoms with Crippen molar-refractivity contribution in [1.82, 2.24) is 9.62 Å². The van der Waals surface area contributed by atoms with E-state index in [9.17, 15) is 22.9 Å². The van der Waals surface area contributed by atoms with E-state index in [1.165, 1.54) is 4.31 Å². The van der Waals surface area contributed by atoms with Gasteiger partial charge in [0.15, 0.2) is 4.90 Å². The van der Waals surface area contributed by atoms with E-state index in [0.717, 1.165) is 18.2 Å². The van der Waals surface area contributed by atoms with Crippen LogP contribution < -0.4 is 5.32 Å². The number of para-hydroxylation sites is 1. The molecule has 1 aromatic rings. The fraction of sp³-hybridized carbons (Fsp3) is 0.500. The van der Waals surface area contributed by atoms with Crippen LogP contribution in [0.15, 0.2) is 23.1 Å². The number of rotatable bonds is 5. The number of nitrogens with one attached hydrogen (secondary N) is 1. The molecule has 1 aliphatic rings. The quantitative estimate of drug-likeness (QED) is 0.645. The van der Waals surface area contributed by atoms with Crippen molar-refractivity contribution in [3.05, 3.63) is 34.1 Å². The summed E-state index contributed by atoms with van der Waals surface area (Å²) in [5.41, 5.74) is -0.991. The molecule has 116 valence electrons. The van der Waals surface area contributed by atoms with Crippen LogP contribution in [0.1, 0.15) is 6.42 Å². The van der Waals surface area contributed by atoms with Gasteiger partial charge in [0.2, 0.25) is 15.8 Å². The standard InChI is InChI=1S/C12H16FN3O4S/c1-14-7-9-5-6-15(8-9)21(19,20)11-4-2-3-10(13)12(11)16(17)18/h2-4,9,14H,5-8H2,1H3. The topological polar surface area (TPSA) is 92.6 Å². The molecule has 0 bridgehead atoms. The minimum atomic E-state index is -4.06. The van der Waals surface area contributed by atoms with Gasteiger partial charge in [-0.25, -0.2) is 8.42 Å². The molecule has 9 heteroatoms. The molecule has 0 radical (unpaired) electrons. The molecule has 0 aliphatic carbocycles. The monoisotopic (exact) mass is 317 g/mol. The molecule has 1 N–H and O–H groups in total. The van der Waals surface area contributed by atoms with E-state index in [-0.39, 0.29) is 19.0 Å². The third-order valence-electron chi connectivity index (χ3n) is 3.49. The fourth-order valence-corrected chi connectivity index (χ4v) is 4.19. The molecule has 0 aromatic heterocycles. The smallest absolute Gasteiger partial charge is 0.319 e. The maximum absolute atomic E-state index is 13.6. The highest BCUT2D eigenvalue weighted by atomic mass is 32.2. The lowest BCUT2D eigenvalue weighted by Crippen LogP contribution is -2.31. The maximum Gasteiger partial charge on any atom is 0.324 e. The predicted octanol–water partition coefficient (Wildman–Crippen LogP) is 0.964. The van der Waals surface area contributed by atoms with Gasteiger partial charge in [-0.3, -0.25) is 10.1 Å². The average Bonchev–Trinajstić information content (AvgIpc) is 2.87. The first-order valence-electron chi connectivity index (χ1n) is 6.45. The zero-order valence-corrected chi connectivity index (χ0v) is 12.3. The second-order valence-electron chi connectivity index (χ2n) is 4.92. The second-order valence-corrected chi connectivity index (χ2v) is 6.83. The number of halogens is 1. The van der Waals surface area contributed by atoms with Gasteiger partial charge < -0.3 is 5.32 Å². The van der Waals surface area contributed by atoms with Crippen molar-refractivity contribution in [2.75, 3.05) is 26.7 Å². The van der Waals surface area contributed by atoms with Crippen LogP contribution >= 0.6 is 0 Å². The highest BCUT2D eigenvalue weighted by Crippen LogP contribution is 2.31. The molecule has 0 saturated carbocycles. The van der Waals surface area contributed by atoms with Crippen LogP contribution in [0.5, 0.6) is 0 Å². The normalized spacial score (nSPS) is 19.8. The Bertz CT molecular complexity index is 650. The molecule has 1 unspecified atom stereocenters. The van der Waals surface area contributed by atoms with Crippen molar-refractivity contribution in [3.8, 4) is 0 Å². The fourth-order valence-electron chi connectivity index (χ4n) is 2.49. The Labute approximate surface area is 122 Å². The second kappa shape index (κ2) is 6.04. The molecule has 1 fully saturated rings. The number of sulfonamides is 1. The summed E-state index contributed by atoms with van der Waals surface area (Å²) in [7, 11) is -2.29. The Hall–Kier alpha value is -1.58. The molecule has 1 heterocycles. The Morgan fingerprint density at radius 3 is 2.86 bits per heavy atom. The summed E-state index contributed by atoms with van der Waals surface area (Å²) in [6.07, 6.45) is 0.670. The lowest BCUT2D eigenvalue weighted by Gasteiger charge is -2.16. The SMILES string of the molecule is CNCC1CCN(S(=O)(=O)c2cccc(F)c2[N+](=O)[O-])C1. The summed E-state index contributed by atoms with van der Waals surface area (Å²) < 4.78 is 39.8. The molecule has 0 spiro atoms. The zero-order chi connectivity index (χ0) is 15.6. The summed E-state index contributed by atoms with van der Waals surface area (Å²) in [6.45, 7) is 1.22. The molecule has 21 heavy (non-hydrogen) atoms. The van der Waals surface area contributed by atoms with E-state index in [1.807, 2.05) is 0 Å². The van der Waals surface area contributed by atoms with Crippen LogP contribution in [0.4, 0.5) is 10.1 Å². The molecular formula is C12H16FN3O4S. The number of benzene rings is 1. The van der Waals surface area contributed by atoms with Crippen LogP contribution in [-0.2, 0) is 10.0 Å². The summed E-state index contributed by atoms with van der Waals surface area (Å²) >= 11 is 0. The summed E-state index contributed by atoms with van der Waals surface area (Å²) in [6, 6.07) is 3.11. The Morgan fingerprint density at radius 1 is 1.52 bits per heavy atom. The maximum atomic E-state index is 13.6. The van der Waals surface area contributed by atoms with Gasteiger partial charge in [-0.15, -0.1) is 0 Å². The third kappa shape index (κ3) is 3.04. The van der Waals surface area contributed by atoms with Crippen molar-refractivity contribution in [2.45, 2.75) is 11.3 Å². The lowest BCUT2D eigenvalue weighted by atomic mass is 10.1. The number of nitro groups is 1. The minimum Gasteiger partial charge on any atom is -0.319 e.